The molecule has 0 radical (unpaired) electrons. The first-order valence-corrected chi connectivity index (χ1v) is 12.6. The van der Waals surface area contributed by atoms with Gasteiger partial charge in [0, 0.05) is 105 Å². The van der Waals surface area contributed by atoms with Crippen molar-refractivity contribution in [3.05, 3.63) is 0 Å². The van der Waals surface area contributed by atoms with E-state index in [1.54, 1.807) is 0 Å². The summed E-state index contributed by atoms with van der Waals surface area (Å²) in [7, 11) is 0. The molecule has 8 heteroatoms. The molecule has 4 bridgehead atoms. The minimum atomic E-state index is 1.11. The minimum Gasteiger partial charge on any atom is -0.315 e. The molecule has 0 unspecified atom stereocenters. The Morgan fingerprint density at radius 1 is 0.267 bits per heavy atom. The second-order valence-corrected chi connectivity index (χ2v) is 9.07. The van der Waals surface area contributed by atoms with Crippen molar-refractivity contribution in [2.75, 3.05) is 131 Å². The van der Waals surface area contributed by atoms with Crippen molar-refractivity contribution in [2.24, 2.45) is 0 Å². The van der Waals surface area contributed by atoms with Crippen molar-refractivity contribution in [3.8, 4) is 0 Å². The second-order valence-electron chi connectivity index (χ2n) is 9.07. The molecular formula is C22H48N8. The highest BCUT2D eigenvalue weighted by Gasteiger charge is 2.16. The lowest BCUT2D eigenvalue weighted by atomic mass is 10.3. The highest BCUT2D eigenvalue weighted by molar-refractivity contribution is 4.74. The van der Waals surface area contributed by atoms with E-state index in [0.29, 0.717) is 0 Å². The van der Waals surface area contributed by atoms with Crippen molar-refractivity contribution in [1.82, 2.24) is 40.9 Å². The molecule has 8 nitrogen and oxygen atoms in total. The van der Waals surface area contributed by atoms with Gasteiger partial charge in [-0.15, -0.1) is 0 Å². The number of nitrogens with one attached hydrogen (secondary N) is 4. The van der Waals surface area contributed by atoms with E-state index >= 15 is 0 Å². The van der Waals surface area contributed by atoms with Gasteiger partial charge in [0.1, 0.15) is 0 Å². The molecule has 0 aromatic carbocycles. The van der Waals surface area contributed by atoms with Crippen LogP contribution in [0, 0.1) is 0 Å². The molecule has 4 N–H and O–H groups in total. The van der Waals surface area contributed by atoms with Gasteiger partial charge in [-0.2, -0.15) is 0 Å². The largest absolute Gasteiger partial charge is 0.315 e. The summed E-state index contributed by atoms with van der Waals surface area (Å²) in [6, 6.07) is 0. The predicted octanol–water partition coefficient (Wildman–Crippen LogP) is -1.63. The third kappa shape index (κ3) is 10.3. The molecular weight excluding hydrogens is 376 g/mol. The number of nitrogens with zero attached hydrogens (tertiary/aromatic N) is 4. The Hall–Kier alpha value is -0.320. The maximum Gasteiger partial charge on any atom is 0.0110 e. The zero-order chi connectivity index (χ0) is 20.7. The van der Waals surface area contributed by atoms with Crippen molar-refractivity contribution in [3.63, 3.8) is 0 Å². The smallest absolute Gasteiger partial charge is 0.0110 e. The van der Waals surface area contributed by atoms with Crippen molar-refractivity contribution in [1.29, 1.82) is 0 Å². The van der Waals surface area contributed by atoms with Crippen LogP contribution < -0.4 is 21.3 Å². The molecule has 3 fully saturated rings. The van der Waals surface area contributed by atoms with E-state index < -0.39 is 0 Å². The van der Waals surface area contributed by atoms with Gasteiger partial charge >= 0.3 is 0 Å². The summed E-state index contributed by atoms with van der Waals surface area (Å²) in [6.45, 7) is 23.2. The molecule has 0 aromatic rings. The number of fused-ring (bicyclic) bond motifs is 6. The quantitative estimate of drug-likeness (QED) is 0.370. The van der Waals surface area contributed by atoms with Crippen LogP contribution in [0.2, 0.25) is 0 Å². The molecule has 3 aliphatic rings. The van der Waals surface area contributed by atoms with E-state index in [-0.39, 0.29) is 0 Å². The van der Waals surface area contributed by atoms with Crippen LogP contribution in [0.4, 0.5) is 0 Å². The first kappa shape index (κ1) is 24.3. The summed E-state index contributed by atoms with van der Waals surface area (Å²) in [6.07, 6.45) is 2.45. The van der Waals surface area contributed by atoms with E-state index in [1.165, 1.54) is 91.4 Å². The third-order valence-corrected chi connectivity index (χ3v) is 6.76. The van der Waals surface area contributed by atoms with E-state index in [4.69, 9.17) is 0 Å². The summed E-state index contributed by atoms with van der Waals surface area (Å²) >= 11 is 0. The molecule has 30 heavy (non-hydrogen) atoms. The molecule has 3 rings (SSSR count). The second kappa shape index (κ2) is 15.5. The molecule has 0 spiro atoms. The van der Waals surface area contributed by atoms with Crippen molar-refractivity contribution >= 4 is 0 Å². The van der Waals surface area contributed by atoms with Gasteiger partial charge in [0.2, 0.25) is 0 Å². The van der Waals surface area contributed by atoms with E-state index in [1.807, 2.05) is 0 Å². The SMILES string of the molecule is C1CNCCN2CCN(CCNC1)CCN1CCNCCCNCCN(CC1)CC2. The van der Waals surface area contributed by atoms with Gasteiger partial charge in [-0.1, -0.05) is 0 Å². The third-order valence-electron chi connectivity index (χ3n) is 6.76. The fraction of sp³-hybridized carbons (Fsp3) is 1.00. The maximum atomic E-state index is 3.65. The summed E-state index contributed by atoms with van der Waals surface area (Å²) in [4.78, 5) is 10.8. The molecule has 3 heterocycles. The molecule has 3 saturated heterocycles. The van der Waals surface area contributed by atoms with Gasteiger partial charge in [0.25, 0.3) is 0 Å². The molecule has 0 aliphatic carbocycles. The Balaban J connectivity index is 1.64. The fourth-order valence-electron chi connectivity index (χ4n) is 4.60. The highest BCUT2D eigenvalue weighted by Crippen LogP contribution is 2.01. The first-order valence-electron chi connectivity index (χ1n) is 12.6. The number of rotatable bonds is 0. The van der Waals surface area contributed by atoms with E-state index in [2.05, 4.69) is 40.9 Å². The lowest BCUT2D eigenvalue weighted by Crippen LogP contribution is -2.49. The number of hydrogen-bond acceptors (Lipinski definition) is 8. The van der Waals surface area contributed by atoms with Crippen molar-refractivity contribution < 1.29 is 0 Å². The average molecular weight is 425 g/mol. The monoisotopic (exact) mass is 424 g/mol. The summed E-state index contributed by atoms with van der Waals surface area (Å²) in [5, 5.41) is 14.6. The average Bonchev–Trinajstić information content (AvgIpc) is 2.79. The van der Waals surface area contributed by atoms with Gasteiger partial charge in [0.05, 0.1) is 0 Å². The standard InChI is InChI=1S/C22H48N8/c1-3-23-7-11-27-15-16-28(12-8-24-4-1)20-22-30-14-10-26-6-2-5-25-9-13-29(17-18-30)21-19-27/h23-26H,1-22H2. The van der Waals surface area contributed by atoms with E-state index in [0.717, 1.165) is 52.4 Å². The Kier molecular flexibility index (Phi) is 12.5. The van der Waals surface area contributed by atoms with Gasteiger partial charge in [-0.3, -0.25) is 19.6 Å². The summed E-state index contributed by atoms with van der Waals surface area (Å²) < 4.78 is 0. The zero-order valence-electron chi connectivity index (χ0n) is 19.3. The van der Waals surface area contributed by atoms with Crippen LogP contribution in [-0.4, -0.2) is 150 Å². The van der Waals surface area contributed by atoms with Crippen LogP contribution in [0.15, 0.2) is 0 Å². The van der Waals surface area contributed by atoms with Crippen LogP contribution in [0.1, 0.15) is 12.8 Å². The molecule has 176 valence electrons. The lowest BCUT2D eigenvalue weighted by molar-refractivity contribution is 0.134. The van der Waals surface area contributed by atoms with Gasteiger partial charge < -0.3 is 21.3 Å². The maximum absolute atomic E-state index is 3.65. The van der Waals surface area contributed by atoms with Crippen LogP contribution in [0.3, 0.4) is 0 Å². The lowest BCUT2D eigenvalue weighted by Gasteiger charge is -2.34. The Morgan fingerprint density at radius 2 is 0.500 bits per heavy atom. The highest BCUT2D eigenvalue weighted by atomic mass is 15.3. The van der Waals surface area contributed by atoms with Crippen LogP contribution in [-0.2, 0) is 0 Å². The van der Waals surface area contributed by atoms with Crippen LogP contribution in [0.25, 0.3) is 0 Å². The topological polar surface area (TPSA) is 61.1 Å². The predicted molar refractivity (Wildman–Crippen MR) is 126 cm³/mol. The first-order chi connectivity index (χ1) is 14.9. The van der Waals surface area contributed by atoms with Crippen LogP contribution >= 0.6 is 0 Å². The van der Waals surface area contributed by atoms with Gasteiger partial charge in [-0.25, -0.2) is 0 Å². The molecule has 0 aromatic heterocycles. The Labute approximate surface area is 185 Å². The molecule has 0 saturated carbocycles. The van der Waals surface area contributed by atoms with Crippen LogP contribution in [0.5, 0.6) is 0 Å². The van der Waals surface area contributed by atoms with E-state index in [9.17, 15) is 0 Å². The Bertz CT molecular complexity index is 350. The number of hydrogen-bond donors (Lipinski definition) is 4. The summed E-state index contributed by atoms with van der Waals surface area (Å²) in [5.74, 6) is 0. The van der Waals surface area contributed by atoms with Gasteiger partial charge in [0.15, 0.2) is 0 Å². The molecule has 3 aliphatic heterocycles. The zero-order valence-corrected chi connectivity index (χ0v) is 19.3. The van der Waals surface area contributed by atoms with Crippen molar-refractivity contribution in [2.45, 2.75) is 12.8 Å². The molecule has 0 amide bonds. The fourth-order valence-corrected chi connectivity index (χ4v) is 4.60. The Morgan fingerprint density at radius 3 is 0.733 bits per heavy atom. The van der Waals surface area contributed by atoms with Gasteiger partial charge in [-0.05, 0) is 39.0 Å². The molecule has 0 atom stereocenters. The minimum absolute atomic E-state index is 1.11. The normalized spacial score (nSPS) is 35.2. The summed E-state index contributed by atoms with van der Waals surface area (Å²) in [5.41, 5.74) is 0.